The van der Waals surface area contributed by atoms with Crippen LogP contribution >= 0.6 is 15.9 Å². The predicted molar refractivity (Wildman–Crippen MR) is 76.0 cm³/mol. The van der Waals surface area contributed by atoms with Gasteiger partial charge in [0.15, 0.2) is 0 Å². The highest BCUT2D eigenvalue weighted by Crippen LogP contribution is 2.23. The Balaban J connectivity index is 1.89. The number of nitro groups is 1. The van der Waals surface area contributed by atoms with Crippen LogP contribution in [0.2, 0.25) is 0 Å². The van der Waals surface area contributed by atoms with E-state index in [0.29, 0.717) is 18.0 Å². The molecule has 5 nitrogen and oxygen atoms in total. The summed E-state index contributed by atoms with van der Waals surface area (Å²) in [5, 5.41) is 14.3. The summed E-state index contributed by atoms with van der Waals surface area (Å²) in [4.78, 5) is 10.6. The van der Waals surface area contributed by atoms with Gasteiger partial charge < -0.3 is 10.1 Å². The lowest BCUT2D eigenvalue weighted by molar-refractivity contribution is -0.385. The van der Waals surface area contributed by atoms with E-state index in [4.69, 9.17) is 4.74 Å². The monoisotopic (exact) mass is 328 g/mol. The highest BCUT2D eigenvalue weighted by molar-refractivity contribution is 9.10. The Hall–Kier alpha value is -0.980. The van der Waals surface area contributed by atoms with Crippen LogP contribution in [0.15, 0.2) is 22.7 Å². The number of nitro benzene ring substituents is 1. The van der Waals surface area contributed by atoms with E-state index in [1.807, 2.05) is 6.07 Å². The average molecular weight is 329 g/mol. The standard InChI is InChI=1S/C13H17BrN2O3/c14-12-4-3-11(13(6-12)16(17)18)8-15-7-10-2-1-5-19-9-10/h3-4,6,10,15H,1-2,5,7-9H2. The number of halogens is 1. The number of hydrogen-bond donors (Lipinski definition) is 1. The van der Waals surface area contributed by atoms with E-state index in [2.05, 4.69) is 21.2 Å². The fourth-order valence-corrected chi connectivity index (χ4v) is 2.58. The molecule has 104 valence electrons. The zero-order chi connectivity index (χ0) is 13.7. The first-order valence-electron chi connectivity index (χ1n) is 6.38. The molecule has 1 N–H and O–H groups in total. The number of nitrogens with zero attached hydrogens (tertiary/aromatic N) is 1. The van der Waals surface area contributed by atoms with E-state index >= 15 is 0 Å². The molecule has 0 aliphatic carbocycles. The fourth-order valence-electron chi connectivity index (χ4n) is 2.24. The van der Waals surface area contributed by atoms with Gasteiger partial charge in [0.05, 0.1) is 11.5 Å². The molecule has 2 rings (SSSR count). The van der Waals surface area contributed by atoms with Crippen LogP contribution in [0.25, 0.3) is 0 Å². The minimum absolute atomic E-state index is 0.154. The summed E-state index contributed by atoms with van der Waals surface area (Å²) in [7, 11) is 0. The van der Waals surface area contributed by atoms with Gasteiger partial charge in [-0.05, 0) is 30.9 Å². The minimum Gasteiger partial charge on any atom is -0.381 e. The third-order valence-electron chi connectivity index (χ3n) is 3.25. The van der Waals surface area contributed by atoms with Gasteiger partial charge in [-0.25, -0.2) is 0 Å². The fraction of sp³-hybridized carbons (Fsp3) is 0.538. The molecule has 1 unspecified atom stereocenters. The minimum atomic E-state index is -0.342. The molecule has 1 saturated heterocycles. The van der Waals surface area contributed by atoms with Crippen LogP contribution in [0, 0.1) is 16.0 Å². The van der Waals surface area contributed by atoms with E-state index in [0.717, 1.165) is 37.1 Å². The molecule has 0 saturated carbocycles. The molecule has 1 atom stereocenters. The Morgan fingerprint density at radius 3 is 3.05 bits per heavy atom. The van der Waals surface area contributed by atoms with Gasteiger partial charge in [-0.15, -0.1) is 0 Å². The van der Waals surface area contributed by atoms with Gasteiger partial charge in [-0.3, -0.25) is 10.1 Å². The second-order valence-corrected chi connectivity index (χ2v) is 5.66. The highest BCUT2D eigenvalue weighted by Gasteiger charge is 2.16. The SMILES string of the molecule is O=[N+]([O-])c1cc(Br)ccc1CNCC1CCCOC1. The Morgan fingerprint density at radius 1 is 1.53 bits per heavy atom. The molecular formula is C13H17BrN2O3. The molecule has 0 amide bonds. The number of ether oxygens (including phenoxy) is 1. The Morgan fingerprint density at radius 2 is 2.37 bits per heavy atom. The van der Waals surface area contributed by atoms with E-state index in [-0.39, 0.29) is 10.6 Å². The summed E-state index contributed by atoms with van der Waals surface area (Å²) >= 11 is 3.25. The molecule has 1 aromatic rings. The Labute approximate surface area is 120 Å². The average Bonchev–Trinajstić information content (AvgIpc) is 2.41. The maximum absolute atomic E-state index is 11.0. The normalized spacial score (nSPS) is 19.3. The van der Waals surface area contributed by atoms with Crippen LogP contribution < -0.4 is 5.32 Å². The second-order valence-electron chi connectivity index (χ2n) is 4.74. The molecule has 19 heavy (non-hydrogen) atoms. The van der Waals surface area contributed by atoms with Crippen molar-refractivity contribution < 1.29 is 9.66 Å². The molecule has 1 fully saturated rings. The highest BCUT2D eigenvalue weighted by atomic mass is 79.9. The summed E-state index contributed by atoms with van der Waals surface area (Å²) < 4.78 is 6.13. The van der Waals surface area contributed by atoms with Crippen molar-refractivity contribution in [2.45, 2.75) is 19.4 Å². The van der Waals surface area contributed by atoms with Crippen molar-refractivity contribution in [3.05, 3.63) is 38.3 Å². The van der Waals surface area contributed by atoms with Gasteiger partial charge in [-0.2, -0.15) is 0 Å². The summed E-state index contributed by atoms with van der Waals surface area (Å²) in [6, 6.07) is 5.15. The van der Waals surface area contributed by atoms with Crippen molar-refractivity contribution >= 4 is 21.6 Å². The largest absolute Gasteiger partial charge is 0.381 e. The van der Waals surface area contributed by atoms with Crippen LogP contribution in [-0.2, 0) is 11.3 Å². The predicted octanol–water partition coefficient (Wildman–Crippen LogP) is 2.87. The smallest absolute Gasteiger partial charge is 0.275 e. The molecule has 1 aromatic carbocycles. The summed E-state index contributed by atoms with van der Waals surface area (Å²) in [5.74, 6) is 0.517. The van der Waals surface area contributed by atoms with Crippen LogP contribution in [0.1, 0.15) is 18.4 Å². The number of hydrogen-bond acceptors (Lipinski definition) is 4. The number of rotatable bonds is 5. The van der Waals surface area contributed by atoms with Crippen LogP contribution in [0.5, 0.6) is 0 Å². The van der Waals surface area contributed by atoms with Crippen molar-refractivity contribution in [1.82, 2.24) is 5.32 Å². The first-order valence-corrected chi connectivity index (χ1v) is 7.17. The van der Waals surface area contributed by atoms with Crippen LogP contribution in [-0.4, -0.2) is 24.7 Å². The van der Waals surface area contributed by atoms with Gasteiger partial charge >= 0.3 is 0 Å². The molecule has 0 bridgehead atoms. The molecule has 0 radical (unpaired) electrons. The van der Waals surface area contributed by atoms with Gasteiger partial charge in [0.1, 0.15) is 0 Å². The van der Waals surface area contributed by atoms with E-state index in [9.17, 15) is 10.1 Å². The third-order valence-corrected chi connectivity index (χ3v) is 3.74. The zero-order valence-electron chi connectivity index (χ0n) is 10.6. The lowest BCUT2D eigenvalue weighted by Crippen LogP contribution is -2.29. The molecular weight excluding hydrogens is 312 g/mol. The van der Waals surface area contributed by atoms with Crippen LogP contribution in [0.3, 0.4) is 0 Å². The first-order chi connectivity index (χ1) is 9.16. The van der Waals surface area contributed by atoms with Gasteiger partial charge in [0, 0.05) is 35.8 Å². The second kappa shape index (κ2) is 6.98. The molecule has 0 aromatic heterocycles. The number of benzene rings is 1. The molecule has 1 aliphatic heterocycles. The zero-order valence-corrected chi connectivity index (χ0v) is 12.2. The van der Waals surface area contributed by atoms with E-state index in [1.165, 1.54) is 0 Å². The summed E-state index contributed by atoms with van der Waals surface area (Å²) in [6.07, 6.45) is 2.26. The first kappa shape index (κ1) is 14.4. The Kier molecular flexibility index (Phi) is 5.30. The van der Waals surface area contributed by atoms with Crippen molar-refractivity contribution in [2.75, 3.05) is 19.8 Å². The lowest BCUT2D eigenvalue weighted by Gasteiger charge is -2.22. The Bertz CT molecular complexity index is 448. The van der Waals surface area contributed by atoms with E-state index in [1.54, 1.807) is 12.1 Å². The van der Waals surface area contributed by atoms with Crippen molar-refractivity contribution in [1.29, 1.82) is 0 Å². The lowest BCUT2D eigenvalue weighted by atomic mass is 10.0. The molecule has 6 heteroatoms. The topological polar surface area (TPSA) is 64.4 Å². The summed E-state index contributed by atoms with van der Waals surface area (Å²) in [6.45, 7) is 3.00. The van der Waals surface area contributed by atoms with Gasteiger partial charge in [-0.1, -0.05) is 15.9 Å². The van der Waals surface area contributed by atoms with Crippen molar-refractivity contribution in [2.24, 2.45) is 5.92 Å². The maximum Gasteiger partial charge on any atom is 0.275 e. The summed E-state index contributed by atoms with van der Waals surface area (Å²) in [5.41, 5.74) is 0.867. The molecule has 0 spiro atoms. The van der Waals surface area contributed by atoms with Gasteiger partial charge in [0.2, 0.25) is 0 Å². The van der Waals surface area contributed by atoms with Crippen molar-refractivity contribution in [3.8, 4) is 0 Å². The van der Waals surface area contributed by atoms with Crippen LogP contribution in [0.4, 0.5) is 5.69 Å². The number of nitrogens with one attached hydrogen (secondary N) is 1. The maximum atomic E-state index is 11.0. The quantitative estimate of drug-likeness (QED) is 0.666. The molecule has 1 heterocycles. The van der Waals surface area contributed by atoms with Crippen molar-refractivity contribution in [3.63, 3.8) is 0 Å². The third kappa shape index (κ3) is 4.26. The van der Waals surface area contributed by atoms with E-state index < -0.39 is 0 Å². The van der Waals surface area contributed by atoms with Gasteiger partial charge in [0.25, 0.3) is 5.69 Å². The molecule has 1 aliphatic rings.